The monoisotopic (exact) mass is 330 g/mol. The molecule has 0 aliphatic rings. The Kier molecular flexibility index (Phi) is 4.45. The van der Waals surface area contributed by atoms with E-state index in [-0.39, 0.29) is 6.04 Å². The van der Waals surface area contributed by atoms with Gasteiger partial charge < -0.3 is 11.1 Å². The topological polar surface area (TPSA) is 38.0 Å². The Hall–Kier alpha value is -0.550. The fourth-order valence-electron chi connectivity index (χ4n) is 1.50. The van der Waals surface area contributed by atoms with Crippen molar-refractivity contribution < 1.29 is 0 Å². The number of rotatable bonds is 4. The molecule has 0 bridgehead atoms. The fourth-order valence-corrected chi connectivity index (χ4v) is 3.14. The van der Waals surface area contributed by atoms with Crippen molar-refractivity contribution in [3.05, 3.63) is 50.1 Å². The first-order chi connectivity index (χ1) is 8.19. The summed E-state index contributed by atoms with van der Waals surface area (Å²) in [6, 6.07) is 9.85. The molecule has 90 valence electrons. The highest BCUT2D eigenvalue weighted by Crippen LogP contribution is 2.28. The van der Waals surface area contributed by atoms with Gasteiger partial charge in [-0.3, -0.25) is 0 Å². The van der Waals surface area contributed by atoms with E-state index in [1.54, 1.807) is 11.3 Å². The Bertz CT molecular complexity index is 484. The van der Waals surface area contributed by atoms with Crippen molar-refractivity contribution >= 4 is 44.6 Å². The van der Waals surface area contributed by atoms with Gasteiger partial charge in [0.25, 0.3) is 0 Å². The summed E-state index contributed by atoms with van der Waals surface area (Å²) in [6.07, 6.45) is 0. The third kappa shape index (κ3) is 3.45. The second kappa shape index (κ2) is 5.87. The molecule has 0 radical (unpaired) electrons. The third-order valence-electron chi connectivity index (χ3n) is 2.35. The molecule has 17 heavy (non-hydrogen) atoms. The number of benzene rings is 1. The summed E-state index contributed by atoms with van der Waals surface area (Å²) in [5, 5.41) is 6.18. The van der Waals surface area contributed by atoms with Gasteiger partial charge in [-0.2, -0.15) is 0 Å². The Morgan fingerprint density at radius 2 is 2.06 bits per heavy atom. The molecule has 1 atom stereocenters. The maximum Gasteiger partial charge on any atom is 0.0729 e. The van der Waals surface area contributed by atoms with E-state index >= 15 is 0 Å². The van der Waals surface area contributed by atoms with Gasteiger partial charge in [-0.1, -0.05) is 11.6 Å². The molecular weight excluding hydrogens is 320 g/mol. The van der Waals surface area contributed by atoms with Crippen LogP contribution in [0.1, 0.15) is 10.9 Å². The number of nitrogens with two attached hydrogens (primary N) is 1. The summed E-state index contributed by atoms with van der Waals surface area (Å²) >= 11 is 11.0. The van der Waals surface area contributed by atoms with Crippen LogP contribution in [-0.2, 0) is 0 Å². The molecule has 0 amide bonds. The average molecular weight is 332 g/mol. The highest BCUT2D eigenvalue weighted by Gasteiger charge is 2.11. The number of hydrogen-bond acceptors (Lipinski definition) is 3. The van der Waals surface area contributed by atoms with E-state index in [0.717, 1.165) is 15.2 Å². The van der Waals surface area contributed by atoms with Crippen molar-refractivity contribution in [1.82, 2.24) is 0 Å². The van der Waals surface area contributed by atoms with Gasteiger partial charge in [0.15, 0.2) is 0 Å². The SMILES string of the molecule is NCC(Nc1ccc(Cl)cc1)c1cc(Br)cs1. The van der Waals surface area contributed by atoms with Gasteiger partial charge in [0.05, 0.1) is 6.04 Å². The predicted octanol–water partition coefficient (Wildman–Crippen LogP) is 4.28. The lowest BCUT2D eigenvalue weighted by molar-refractivity contribution is 0.805. The van der Waals surface area contributed by atoms with E-state index in [1.165, 1.54) is 4.88 Å². The summed E-state index contributed by atoms with van der Waals surface area (Å²) < 4.78 is 1.09. The van der Waals surface area contributed by atoms with Crippen molar-refractivity contribution in [3.63, 3.8) is 0 Å². The van der Waals surface area contributed by atoms with Gasteiger partial charge >= 0.3 is 0 Å². The second-order valence-corrected chi connectivity index (χ2v) is 5.90. The van der Waals surface area contributed by atoms with Crippen molar-refractivity contribution in [1.29, 1.82) is 0 Å². The molecule has 0 aliphatic carbocycles. The maximum absolute atomic E-state index is 5.85. The molecule has 1 unspecified atom stereocenters. The third-order valence-corrected chi connectivity index (χ3v) is 4.41. The lowest BCUT2D eigenvalue weighted by Crippen LogP contribution is -2.19. The minimum absolute atomic E-state index is 0.132. The van der Waals surface area contributed by atoms with E-state index in [9.17, 15) is 0 Å². The predicted molar refractivity (Wildman–Crippen MR) is 78.9 cm³/mol. The van der Waals surface area contributed by atoms with Crippen molar-refractivity contribution in [3.8, 4) is 0 Å². The lowest BCUT2D eigenvalue weighted by Gasteiger charge is -2.16. The van der Waals surface area contributed by atoms with Crippen LogP contribution in [0.5, 0.6) is 0 Å². The molecule has 0 spiro atoms. The maximum atomic E-state index is 5.85. The number of anilines is 1. The molecule has 5 heteroatoms. The zero-order valence-electron chi connectivity index (χ0n) is 8.99. The van der Waals surface area contributed by atoms with E-state index in [2.05, 4.69) is 32.7 Å². The molecule has 1 aromatic carbocycles. The number of thiophene rings is 1. The van der Waals surface area contributed by atoms with E-state index in [1.807, 2.05) is 24.3 Å². The van der Waals surface area contributed by atoms with E-state index in [4.69, 9.17) is 17.3 Å². The van der Waals surface area contributed by atoms with Crippen LogP contribution < -0.4 is 11.1 Å². The fraction of sp³-hybridized carbons (Fsp3) is 0.167. The van der Waals surface area contributed by atoms with Gasteiger partial charge in [-0.15, -0.1) is 11.3 Å². The van der Waals surface area contributed by atoms with Crippen LogP contribution in [0.3, 0.4) is 0 Å². The van der Waals surface area contributed by atoms with Crippen LogP contribution in [0.15, 0.2) is 40.2 Å². The summed E-state index contributed by atoms with van der Waals surface area (Å²) in [5.41, 5.74) is 6.82. The highest BCUT2D eigenvalue weighted by molar-refractivity contribution is 9.10. The average Bonchev–Trinajstić information content (AvgIpc) is 2.75. The smallest absolute Gasteiger partial charge is 0.0729 e. The summed E-state index contributed by atoms with van der Waals surface area (Å²) in [6.45, 7) is 0.551. The standard InChI is InChI=1S/C12H12BrClN2S/c13-8-5-12(17-7-8)11(6-15)16-10-3-1-9(14)2-4-10/h1-5,7,11,16H,6,15H2. The van der Waals surface area contributed by atoms with Crippen LogP contribution >= 0.6 is 38.9 Å². The van der Waals surface area contributed by atoms with Crippen molar-refractivity contribution in [2.45, 2.75) is 6.04 Å². The molecule has 1 heterocycles. The van der Waals surface area contributed by atoms with Gasteiger partial charge in [0, 0.05) is 32.0 Å². The van der Waals surface area contributed by atoms with Crippen LogP contribution in [0.2, 0.25) is 5.02 Å². The molecule has 0 saturated heterocycles. The Morgan fingerprint density at radius 1 is 1.35 bits per heavy atom. The summed E-state index contributed by atoms with van der Waals surface area (Å²) in [4.78, 5) is 1.22. The van der Waals surface area contributed by atoms with Crippen LogP contribution in [-0.4, -0.2) is 6.54 Å². The Labute approximate surface area is 118 Å². The Morgan fingerprint density at radius 3 is 2.59 bits per heavy atom. The van der Waals surface area contributed by atoms with E-state index < -0.39 is 0 Å². The molecule has 2 aromatic rings. The number of nitrogens with one attached hydrogen (secondary N) is 1. The van der Waals surface area contributed by atoms with Gasteiger partial charge in [0.1, 0.15) is 0 Å². The second-order valence-electron chi connectivity index (χ2n) is 3.61. The van der Waals surface area contributed by atoms with Gasteiger partial charge in [-0.25, -0.2) is 0 Å². The minimum Gasteiger partial charge on any atom is -0.376 e. The molecule has 2 rings (SSSR count). The zero-order chi connectivity index (χ0) is 12.3. The Balaban J connectivity index is 2.12. The first-order valence-electron chi connectivity index (χ1n) is 5.15. The van der Waals surface area contributed by atoms with Gasteiger partial charge in [0.2, 0.25) is 0 Å². The van der Waals surface area contributed by atoms with Gasteiger partial charge in [-0.05, 0) is 46.3 Å². The molecule has 3 N–H and O–H groups in total. The highest BCUT2D eigenvalue weighted by atomic mass is 79.9. The number of halogens is 2. The molecule has 0 aliphatic heterocycles. The first kappa shape index (κ1) is 12.9. The summed E-state index contributed by atoms with van der Waals surface area (Å²) in [5.74, 6) is 0. The van der Waals surface area contributed by atoms with Crippen LogP contribution in [0.25, 0.3) is 0 Å². The van der Waals surface area contributed by atoms with Crippen molar-refractivity contribution in [2.24, 2.45) is 5.73 Å². The summed E-state index contributed by atoms with van der Waals surface area (Å²) in [7, 11) is 0. The largest absolute Gasteiger partial charge is 0.376 e. The molecule has 2 nitrogen and oxygen atoms in total. The lowest BCUT2D eigenvalue weighted by atomic mass is 10.2. The number of hydrogen-bond donors (Lipinski definition) is 2. The first-order valence-corrected chi connectivity index (χ1v) is 7.20. The molecular formula is C12H12BrClN2S. The molecule has 1 aromatic heterocycles. The minimum atomic E-state index is 0.132. The van der Waals surface area contributed by atoms with Crippen LogP contribution in [0.4, 0.5) is 5.69 Å². The quantitative estimate of drug-likeness (QED) is 0.877. The normalized spacial score (nSPS) is 12.4. The zero-order valence-corrected chi connectivity index (χ0v) is 12.1. The molecule has 0 saturated carbocycles. The van der Waals surface area contributed by atoms with Crippen molar-refractivity contribution in [2.75, 3.05) is 11.9 Å². The van der Waals surface area contributed by atoms with E-state index in [0.29, 0.717) is 6.54 Å². The van der Waals surface area contributed by atoms with Crippen LogP contribution in [0, 0.1) is 0 Å². The molecule has 0 fully saturated rings.